The summed E-state index contributed by atoms with van der Waals surface area (Å²) in [6.45, 7) is 9.92. The van der Waals surface area contributed by atoms with Gasteiger partial charge in [-0.3, -0.25) is 9.79 Å². The van der Waals surface area contributed by atoms with Gasteiger partial charge in [-0.05, 0) is 62.4 Å². The number of hydrogen-bond donors (Lipinski definition) is 3. The average Bonchev–Trinajstić information content (AvgIpc) is 3.14. The maximum Gasteiger partial charge on any atom is 0.223 e. The number of thiophene rings is 1. The van der Waals surface area contributed by atoms with E-state index in [4.69, 9.17) is 4.99 Å². The van der Waals surface area contributed by atoms with Gasteiger partial charge in [-0.1, -0.05) is 13.3 Å². The van der Waals surface area contributed by atoms with Crippen molar-refractivity contribution in [1.82, 2.24) is 16.0 Å². The molecular formula is C20H34N4OS. The van der Waals surface area contributed by atoms with Gasteiger partial charge in [-0.2, -0.15) is 11.3 Å². The number of carbonyl (C=O) groups excluding carboxylic acids is 1. The van der Waals surface area contributed by atoms with Gasteiger partial charge >= 0.3 is 0 Å². The van der Waals surface area contributed by atoms with Crippen LogP contribution in [0.1, 0.15) is 64.9 Å². The summed E-state index contributed by atoms with van der Waals surface area (Å²) in [5.41, 5.74) is 1.35. The molecule has 1 heterocycles. The fourth-order valence-electron chi connectivity index (χ4n) is 3.36. The Morgan fingerprint density at radius 2 is 2.15 bits per heavy atom. The Kier molecular flexibility index (Phi) is 8.42. The molecule has 0 radical (unpaired) electrons. The van der Waals surface area contributed by atoms with E-state index in [0.29, 0.717) is 12.0 Å². The number of rotatable bonds is 7. The number of aliphatic imine (C=N–C) groups is 1. The van der Waals surface area contributed by atoms with Crippen molar-refractivity contribution in [2.24, 2.45) is 10.9 Å². The molecule has 0 aromatic carbocycles. The Labute approximate surface area is 162 Å². The maximum atomic E-state index is 12.3. The Morgan fingerprint density at radius 3 is 2.81 bits per heavy atom. The second-order valence-corrected chi connectivity index (χ2v) is 8.33. The fraction of sp³-hybridized carbons (Fsp3) is 0.700. The zero-order valence-corrected chi connectivity index (χ0v) is 17.4. The Hall–Kier alpha value is -1.56. The van der Waals surface area contributed by atoms with Gasteiger partial charge < -0.3 is 16.0 Å². The van der Waals surface area contributed by atoms with Gasteiger partial charge in [0.15, 0.2) is 5.96 Å². The number of hydrogen-bond acceptors (Lipinski definition) is 3. The van der Waals surface area contributed by atoms with Gasteiger partial charge in [0.1, 0.15) is 0 Å². The lowest BCUT2D eigenvalue weighted by atomic mass is 9.85. The molecule has 1 aromatic rings. The molecule has 2 rings (SSSR count). The van der Waals surface area contributed by atoms with Gasteiger partial charge in [0.2, 0.25) is 5.91 Å². The van der Waals surface area contributed by atoms with Crippen LogP contribution in [0.5, 0.6) is 0 Å². The highest BCUT2D eigenvalue weighted by molar-refractivity contribution is 7.07. The minimum absolute atomic E-state index is 0.108. The first kappa shape index (κ1) is 20.7. The molecule has 26 heavy (non-hydrogen) atoms. The van der Waals surface area contributed by atoms with E-state index in [-0.39, 0.29) is 17.9 Å². The molecule has 1 aliphatic carbocycles. The van der Waals surface area contributed by atoms with Crippen LogP contribution in [0, 0.1) is 5.92 Å². The first-order chi connectivity index (χ1) is 12.5. The molecule has 0 aliphatic heterocycles. The summed E-state index contributed by atoms with van der Waals surface area (Å²) >= 11 is 1.73. The minimum Gasteiger partial charge on any atom is -0.357 e. The van der Waals surface area contributed by atoms with E-state index in [1.165, 1.54) is 5.56 Å². The van der Waals surface area contributed by atoms with Crippen molar-refractivity contribution in [1.29, 1.82) is 0 Å². The molecule has 3 N–H and O–H groups in total. The van der Waals surface area contributed by atoms with Crippen molar-refractivity contribution in [2.75, 3.05) is 13.1 Å². The predicted octanol–water partition coefficient (Wildman–Crippen LogP) is 3.49. The highest BCUT2D eigenvalue weighted by atomic mass is 32.1. The first-order valence-electron chi connectivity index (χ1n) is 9.86. The molecule has 3 atom stereocenters. The molecule has 1 aliphatic rings. The van der Waals surface area contributed by atoms with E-state index in [9.17, 15) is 4.79 Å². The van der Waals surface area contributed by atoms with Crippen molar-refractivity contribution in [3.63, 3.8) is 0 Å². The monoisotopic (exact) mass is 378 g/mol. The molecule has 1 amide bonds. The van der Waals surface area contributed by atoms with Gasteiger partial charge in [-0.15, -0.1) is 0 Å². The van der Waals surface area contributed by atoms with Crippen LogP contribution in [0.15, 0.2) is 21.8 Å². The van der Waals surface area contributed by atoms with Gasteiger partial charge in [0, 0.05) is 37.0 Å². The van der Waals surface area contributed by atoms with Crippen molar-refractivity contribution >= 4 is 23.2 Å². The van der Waals surface area contributed by atoms with Crippen LogP contribution in [0.3, 0.4) is 0 Å². The second kappa shape index (κ2) is 10.6. The lowest BCUT2D eigenvalue weighted by Crippen LogP contribution is -2.47. The molecule has 6 heteroatoms. The Balaban J connectivity index is 1.91. The first-order valence-corrected chi connectivity index (χ1v) is 10.8. The number of nitrogens with one attached hydrogen (secondary N) is 3. The molecular weight excluding hydrogens is 344 g/mol. The number of amides is 1. The Morgan fingerprint density at radius 1 is 1.35 bits per heavy atom. The number of guanidine groups is 1. The highest BCUT2D eigenvalue weighted by Crippen LogP contribution is 2.25. The summed E-state index contributed by atoms with van der Waals surface area (Å²) in [4.78, 5) is 17.1. The fourth-order valence-corrected chi connectivity index (χ4v) is 4.15. The molecule has 0 bridgehead atoms. The van der Waals surface area contributed by atoms with Crippen LogP contribution < -0.4 is 16.0 Å². The predicted molar refractivity (Wildman–Crippen MR) is 111 cm³/mol. The van der Waals surface area contributed by atoms with Crippen molar-refractivity contribution < 1.29 is 4.79 Å². The third kappa shape index (κ3) is 6.63. The van der Waals surface area contributed by atoms with E-state index in [0.717, 1.165) is 44.7 Å². The smallest absolute Gasteiger partial charge is 0.223 e. The average molecular weight is 379 g/mol. The standard InChI is InChI=1S/C20H34N4OS/c1-5-21-20(22-12-15(4)17-9-10-26-13-17)24-18-8-6-7-16(11-18)19(25)23-14(2)3/h9-10,13-16,18H,5-8,11-12H2,1-4H3,(H,23,25)(H2,21,22,24). The summed E-state index contributed by atoms with van der Waals surface area (Å²) in [7, 11) is 0. The van der Waals surface area contributed by atoms with Crippen LogP contribution in [-0.2, 0) is 4.79 Å². The third-order valence-corrected chi connectivity index (χ3v) is 5.50. The van der Waals surface area contributed by atoms with E-state index in [1.54, 1.807) is 11.3 Å². The van der Waals surface area contributed by atoms with Crippen LogP contribution in [0.4, 0.5) is 0 Å². The molecule has 1 fully saturated rings. The molecule has 3 unspecified atom stereocenters. The van der Waals surface area contributed by atoms with Gasteiger partial charge in [0.05, 0.1) is 0 Å². The van der Waals surface area contributed by atoms with Crippen LogP contribution in [0.25, 0.3) is 0 Å². The summed E-state index contributed by atoms with van der Waals surface area (Å²) < 4.78 is 0. The summed E-state index contributed by atoms with van der Waals surface area (Å²) in [5.74, 6) is 1.58. The van der Waals surface area contributed by atoms with E-state index in [2.05, 4.69) is 46.6 Å². The molecule has 0 spiro atoms. The lowest BCUT2D eigenvalue weighted by molar-refractivity contribution is -0.126. The summed E-state index contributed by atoms with van der Waals surface area (Å²) in [6.07, 6.45) is 4.04. The zero-order chi connectivity index (χ0) is 18.9. The van der Waals surface area contributed by atoms with E-state index < -0.39 is 0 Å². The van der Waals surface area contributed by atoms with E-state index >= 15 is 0 Å². The second-order valence-electron chi connectivity index (χ2n) is 7.55. The Bertz CT molecular complexity index is 570. The minimum atomic E-state index is 0.108. The van der Waals surface area contributed by atoms with Crippen molar-refractivity contribution in [3.8, 4) is 0 Å². The van der Waals surface area contributed by atoms with Gasteiger partial charge in [-0.25, -0.2) is 0 Å². The molecule has 146 valence electrons. The summed E-state index contributed by atoms with van der Waals surface area (Å²) in [5, 5.41) is 14.3. The zero-order valence-electron chi connectivity index (χ0n) is 16.5. The normalized spacial score (nSPS) is 22.1. The summed E-state index contributed by atoms with van der Waals surface area (Å²) in [6, 6.07) is 2.68. The van der Waals surface area contributed by atoms with E-state index in [1.807, 2.05) is 13.8 Å². The van der Waals surface area contributed by atoms with Crippen LogP contribution in [-0.4, -0.2) is 37.0 Å². The van der Waals surface area contributed by atoms with Crippen molar-refractivity contribution in [3.05, 3.63) is 22.4 Å². The number of nitrogens with zero attached hydrogens (tertiary/aromatic N) is 1. The lowest BCUT2D eigenvalue weighted by Gasteiger charge is -2.30. The molecule has 1 aromatic heterocycles. The molecule has 1 saturated carbocycles. The third-order valence-electron chi connectivity index (χ3n) is 4.80. The maximum absolute atomic E-state index is 12.3. The van der Waals surface area contributed by atoms with Gasteiger partial charge in [0.25, 0.3) is 0 Å². The SMILES string of the molecule is CCNC(=NCC(C)c1ccsc1)NC1CCCC(C(=O)NC(C)C)C1. The quantitative estimate of drug-likeness (QED) is 0.503. The van der Waals surface area contributed by atoms with Crippen LogP contribution >= 0.6 is 11.3 Å². The largest absolute Gasteiger partial charge is 0.357 e. The van der Waals surface area contributed by atoms with Crippen LogP contribution in [0.2, 0.25) is 0 Å². The number of carbonyl (C=O) groups is 1. The highest BCUT2D eigenvalue weighted by Gasteiger charge is 2.28. The van der Waals surface area contributed by atoms with Crippen molar-refractivity contribution in [2.45, 2.75) is 71.4 Å². The molecule has 0 saturated heterocycles. The topological polar surface area (TPSA) is 65.5 Å². The molecule has 5 nitrogen and oxygen atoms in total.